The molecular weight excluding hydrogens is 260 g/mol. The standard InChI is InChI=1S/C7H10N8O2S/c8-11-6-3-5(1-2-9-6)18(16,17)10-4-7-12-14-15-13-7/h1-3,10H,4,8H2,(H,9,11)(H,12,13,14,15). The van der Waals surface area contributed by atoms with Crippen LogP contribution in [0.25, 0.3) is 0 Å². The van der Waals surface area contributed by atoms with Crippen LogP contribution in [0.1, 0.15) is 5.82 Å². The maximum Gasteiger partial charge on any atom is 0.241 e. The molecule has 0 aliphatic carbocycles. The first-order chi connectivity index (χ1) is 8.62. The predicted octanol–water partition coefficient (Wildman–Crippen LogP) is -1.64. The first kappa shape index (κ1) is 12.3. The molecule has 0 radical (unpaired) electrons. The number of hydrogen-bond acceptors (Lipinski definition) is 8. The van der Waals surface area contributed by atoms with E-state index in [0.29, 0.717) is 0 Å². The van der Waals surface area contributed by atoms with Crippen molar-refractivity contribution in [2.75, 3.05) is 5.43 Å². The smallest absolute Gasteiger partial charge is 0.241 e. The molecule has 2 heterocycles. The molecule has 0 aliphatic heterocycles. The molecule has 0 spiro atoms. The third-order valence-electron chi connectivity index (χ3n) is 2.00. The van der Waals surface area contributed by atoms with E-state index in [2.05, 4.69) is 35.8 Å². The molecule has 0 amide bonds. The normalized spacial score (nSPS) is 11.4. The summed E-state index contributed by atoms with van der Waals surface area (Å²) in [5, 5.41) is 12.8. The van der Waals surface area contributed by atoms with Gasteiger partial charge in [-0.3, -0.25) is 0 Å². The fraction of sp³-hybridized carbons (Fsp3) is 0.143. The van der Waals surface area contributed by atoms with Crippen LogP contribution in [0.3, 0.4) is 0 Å². The van der Waals surface area contributed by atoms with Crippen LogP contribution in [0.5, 0.6) is 0 Å². The zero-order valence-corrected chi connectivity index (χ0v) is 9.85. The van der Waals surface area contributed by atoms with Gasteiger partial charge in [0.1, 0.15) is 5.82 Å². The molecule has 0 bridgehead atoms. The number of anilines is 1. The van der Waals surface area contributed by atoms with E-state index < -0.39 is 10.0 Å². The van der Waals surface area contributed by atoms with Crippen LogP contribution in [0.15, 0.2) is 23.2 Å². The highest BCUT2D eigenvalue weighted by Gasteiger charge is 2.15. The van der Waals surface area contributed by atoms with Crippen LogP contribution in [-0.4, -0.2) is 34.0 Å². The molecule has 0 aromatic carbocycles. The molecule has 0 aliphatic rings. The predicted molar refractivity (Wildman–Crippen MR) is 60.3 cm³/mol. The maximum absolute atomic E-state index is 11.9. The van der Waals surface area contributed by atoms with Crippen molar-refractivity contribution < 1.29 is 8.42 Å². The molecule has 0 unspecified atom stereocenters. The summed E-state index contributed by atoms with van der Waals surface area (Å²) in [6.07, 6.45) is 1.33. The van der Waals surface area contributed by atoms with Gasteiger partial charge in [0.2, 0.25) is 10.0 Å². The summed E-state index contributed by atoms with van der Waals surface area (Å²) >= 11 is 0. The van der Waals surface area contributed by atoms with Crippen LogP contribution >= 0.6 is 0 Å². The number of H-pyrrole nitrogens is 1. The highest BCUT2D eigenvalue weighted by atomic mass is 32.2. The molecule has 11 heteroatoms. The lowest BCUT2D eigenvalue weighted by Gasteiger charge is -2.05. The molecule has 10 nitrogen and oxygen atoms in total. The first-order valence-corrected chi connectivity index (χ1v) is 6.25. The summed E-state index contributed by atoms with van der Waals surface area (Å²) in [5.41, 5.74) is 2.27. The van der Waals surface area contributed by atoms with Gasteiger partial charge in [0.05, 0.1) is 11.4 Å². The van der Waals surface area contributed by atoms with E-state index in [0.717, 1.165) is 0 Å². The van der Waals surface area contributed by atoms with Crippen molar-refractivity contribution in [1.82, 2.24) is 30.3 Å². The number of hydrogen-bond donors (Lipinski definition) is 4. The van der Waals surface area contributed by atoms with E-state index >= 15 is 0 Å². The number of rotatable bonds is 5. The number of hydrazine groups is 1. The third kappa shape index (κ3) is 2.77. The molecule has 2 aromatic heterocycles. The zero-order chi connectivity index (χ0) is 13.0. The Hall–Kier alpha value is -2.11. The van der Waals surface area contributed by atoms with Crippen molar-refractivity contribution in [1.29, 1.82) is 0 Å². The molecule has 5 N–H and O–H groups in total. The van der Waals surface area contributed by atoms with E-state index in [1.807, 2.05) is 0 Å². The lowest BCUT2D eigenvalue weighted by atomic mass is 10.5. The molecule has 0 saturated carbocycles. The van der Waals surface area contributed by atoms with Gasteiger partial charge >= 0.3 is 0 Å². The Morgan fingerprint density at radius 2 is 2.28 bits per heavy atom. The minimum atomic E-state index is -3.68. The monoisotopic (exact) mass is 270 g/mol. The largest absolute Gasteiger partial charge is 0.308 e. The Morgan fingerprint density at radius 3 is 2.94 bits per heavy atom. The molecule has 96 valence electrons. The number of nitrogens with one attached hydrogen (secondary N) is 3. The second kappa shape index (κ2) is 5.03. The number of sulfonamides is 1. The summed E-state index contributed by atoms with van der Waals surface area (Å²) in [7, 11) is -3.68. The fourth-order valence-corrected chi connectivity index (χ4v) is 2.15. The molecular formula is C7H10N8O2S. The van der Waals surface area contributed by atoms with E-state index in [9.17, 15) is 8.42 Å². The zero-order valence-electron chi connectivity index (χ0n) is 9.03. The average molecular weight is 270 g/mol. The van der Waals surface area contributed by atoms with Crippen molar-refractivity contribution in [3.63, 3.8) is 0 Å². The Bertz CT molecular complexity index is 610. The first-order valence-electron chi connectivity index (χ1n) is 4.76. The van der Waals surface area contributed by atoms with Crippen LogP contribution in [0.4, 0.5) is 5.82 Å². The minimum Gasteiger partial charge on any atom is -0.308 e. The highest BCUT2D eigenvalue weighted by Crippen LogP contribution is 2.11. The molecule has 0 atom stereocenters. The van der Waals surface area contributed by atoms with E-state index in [1.165, 1.54) is 18.3 Å². The maximum atomic E-state index is 11.9. The topological polar surface area (TPSA) is 152 Å². The van der Waals surface area contributed by atoms with Gasteiger partial charge in [0, 0.05) is 12.3 Å². The summed E-state index contributed by atoms with van der Waals surface area (Å²) in [6, 6.07) is 2.65. The van der Waals surface area contributed by atoms with Crippen molar-refractivity contribution in [3.8, 4) is 0 Å². The van der Waals surface area contributed by atoms with Crippen molar-refractivity contribution in [3.05, 3.63) is 24.2 Å². The number of tetrazole rings is 1. The van der Waals surface area contributed by atoms with Gasteiger partial charge in [0.15, 0.2) is 5.82 Å². The second-order valence-corrected chi connectivity index (χ2v) is 4.94. The van der Waals surface area contributed by atoms with Crippen LogP contribution in [0, 0.1) is 0 Å². The highest BCUT2D eigenvalue weighted by molar-refractivity contribution is 7.89. The lowest BCUT2D eigenvalue weighted by molar-refractivity contribution is 0.579. The van der Waals surface area contributed by atoms with Gasteiger partial charge in [-0.25, -0.2) is 24.0 Å². The molecule has 2 aromatic rings. The number of aromatic nitrogens is 5. The molecule has 0 fully saturated rings. The van der Waals surface area contributed by atoms with E-state index in [1.54, 1.807) is 0 Å². The Morgan fingerprint density at radius 1 is 1.44 bits per heavy atom. The second-order valence-electron chi connectivity index (χ2n) is 3.17. The van der Waals surface area contributed by atoms with Crippen LogP contribution in [-0.2, 0) is 16.6 Å². The Labute approximate surface area is 102 Å². The van der Waals surface area contributed by atoms with Gasteiger partial charge in [-0.1, -0.05) is 5.21 Å². The number of aromatic amines is 1. The van der Waals surface area contributed by atoms with E-state index in [-0.39, 0.29) is 23.1 Å². The number of nitrogen functional groups attached to an aromatic ring is 1. The van der Waals surface area contributed by atoms with Crippen molar-refractivity contribution in [2.45, 2.75) is 11.4 Å². The SMILES string of the molecule is NNc1cc(S(=O)(=O)NCc2nn[nH]n2)ccn1. The van der Waals surface area contributed by atoms with Crippen LogP contribution < -0.4 is 16.0 Å². The molecule has 2 rings (SSSR count). The number of nitrogens with zero attached hydrogens (tertiary/aromatic N) is 4. The van der Waals surface area contributed by atoms with Gasteiger partial charge in [-0.2, -0.15) is 5.21 Å². The number of nitrogens with two attached hydrogens (primary N) is 1. The van der Waals surface area contributed by atoms with Gasteiger partial charge in [0.25, 0.3) is 0 Å². The number of pyridine rings is 1. The lowest BCUT2D eigenvalue weighted by Crippen LogP contribution is -2.24. The van der Waals surface area contributed by atoms with Crippen molar-refractivity contribution in [2.24, 2.45) is 5.84 Å². The van der Waals surface area contributed by atoms with Crippen LogP contribution in [0.2, 0.25) is 0 Å². The quantitative estimate of drug-likeness (QED) is 0.373. The Kier molecular flexibility index (Phi) is 3.45. The summed E-state index contributed by atoms with van der Waals surface area (Å²) in [6.45, 7) is -0.0630. The summed E-state index contributed by atoms with van der Waals surface area (Å²) < 4.78 is 26.1. The minimum absolute atomic E-state index is 0.0361. The fourth-order valence-electron chi connectivity index (χ4n) is 1.16. The van der Waals surface area contributed by atoms with Gasteiger partial charge < -0.3 is 5.43 Å². The summed E-state index contributed by atoms with van der Waals surface area (Å²) in [5.74, 6) is 5.64. The Balaban J connectivity index is 2.14. The van der Waals surface area contributed by atoms with Gasteiger partial charge in [-0.05, 0) is 6.07 Å². The third-order valence-corrected chi connectivity index (χ3v) is 3.40. The van der Waals surface area contributed by atoms with Gasteiger partial charge in [-0.15, -0.1) is 10.2 Å². The van der Waals surface area contributed by atoms with E-state index in [4.69, 9.17) is 5.84 Å². The molecule has 0 saturated heterocycles. The molecule has 18 heavy (non-hydrogen) atoms. The average Bonchev–Trinajstić information content (AvgIpc) is 2.90. The summed E-state index contributed by atoms with van der Waals surface area (Å²) in [4.78, 5) is 3.85. The van der Waals surface area contributed by atoms with Crippen molar-refractivity contribution >= 4 is 15.8 Å².